The first-order valence-electron chi connectivity index (χ1n) is 8.25. The van der Waals surface area contributed by atoms with Gasteiger partial charge in [-0.2, -0.15) is 0 Å². The maximum Gasteiger partial charge on any atom is 0.184 e. The minimum atomic E-state index is 0. The number of ether oxygens (including phenoxy) is 4. The van der Waals surface area contributed by atoms with Crippen LogP contribution in [0.2, 0.25) is 0 Å². The number of rotatable bonds is 8. The normalized spacial score (nSPS) is 10.2. The fourth-order valence-corrected chi connectivity index (χ4v) is 2.64. The summed E-state index contributed by atoms with van der Waals surface area (Å²) in [6.07, 6.45) is 1.45. The van der Waals surface area contributed by atoms with E-state index < -0.39 is 0 Å². The number of para-hydroxylation sites is 1. The van der Waals surface area contributed by atoms with Crippen molar-refractivity contribution in [3.05, 3.63) is 36.7 Å². The van der Waals surface area contributed by atoms with Gasteiger partial charge in [-0.15, -0.1) is 12.4 Å². The molecular weight excluding hydrogens is 386 g/mol. The number of hydrogen-bond donors (Lipinski definition) is 2. The first-order valence-corrected chi connectivity index (χ1v) is 8.25. The first-order chi connectivity index (χ1) is 13.2. The van der Waals surface area contributed by atoms with Crippen molar-refractivity contribution in [1.82, 2.24) is 9.97 Å². The van der Waals surface area contributed by atoms with Gasteiger partial charge in [-0.1, -0.05) is 6.07 Å². The average Bonchev–Trinajstić information content (AvgIpc) is 2.68. The lowest BCUT2D eigenvalue weighted by Crippen LogP contribution is -2.05. The number of fused-ring (bicyclic) bond motifs is 1. The highest BCUT2D eigenvalue weighted by Crippen LogP contribution is 2.38. The van der Waals surface area contributed by atoms with Gasteiger partial charge in [0.2, 0.25) is 0 Å². The van der Waals surface area contributed by atoms with Crippen LogP contribution >= 0.6 is 12.4 Å². The molecule has 2 N–H and O–H groups in total. The van der Waals surface area contributed by atoms with E-state index in [9.17, 15) is 5.11 Å². The minimum absolute atomic E-state index is 0. The van der Waals surface area contributed by atoms with E-state index in [-0.39, 0.29) is 18.2 Å². The van der Waals surface area contributed by atoms with E-state index in [2.05, 4.69) is 15.3 Å². The summed E-state index contributed by atoms with van der Waals surface area (Å²) < 4.78 is 21.4. The summed E-state index contributed by atoms with van der Waals surface area (Å²) in [6, 6.07) is 8.64. The number of aromatic hydroxyl groups is 1. The van der Waals surface area contributed by atoms with Crippen molar-refractivity contribution in [2.75, 3.05) is 39.9 Å². The standard InChI is InChI=1S/C19H21N3O5.ClH/c1-24-7-8-27-17-10-14-12(9-16(17)25-2)19(21-11-20-14)22-13-5-4-6-15(23)18(13)26-3;/h4-6,9-11,23H,7-8H2,1-3H3,(H,20,21,22);1H. The third-order valence-corrected chi connectivity index (χ3v) is 3.92. The Bertz CT molecular complexity index is 939. The second-order valence-corrected chi connectivity index (χ2v) is 5.57. The molecule has 0 bridgehead atoms. The summed E-state index contributed by atoms with van der Waals surface area (Å²) in [6.45, 7) is 0.865. The molecule has 0 amide bonds. The first kappa shape index (κ1) is 21.3. The highest BCUT2D eigenvalue weighted by molar-refractivity contribution is 5.93. The molecule has 3 aromatic rings. The smallest absolute Gasteiger partial charge is 0.184 e. The predicted molar refractivity (Wildman–Crippen MR) is 109 cm³/mol. The van der Waals surface area contributed by atoms with Gasteiger partial charge >= 0.3 is 0 Å². The van der Waals surface area contributed by atoms with E-state index in [0.29, 0.717) is 47.5 Å². The van der Waals surface area contributed by atoms with Crippen molar-refractivity contribution in [2.45, 2.75) is 0 Å². The molecule has 9 heteroatoms. The number of aromatic nitrogens is 2. The number of phenolic OH excluding ortho intramolecular Hbond substituents is 1. The fourth-order valence-electron chi connectivity index (χ4n) is 2.64. The Kier molecular flexibility index (Phi) is 7.48. The number of nitrogens with one attached hydrogen (secondary N) is 1. The van der Waals surface area contributed by atoms with Gasteiger partial charge < -0.3 is 29.4 Å². The van der Waals surface area contributed by atoms with E-state index in [1.165, 1.54) is 13.4 Å². The highest BCUT2D eigenvalue weighted by atomic mass is 35.5. The van der Waals surface area contributed by atoms with Crippen LogP contribution < -0.4 is 19.5 Å². The van der Waals surface area contributed by atoms with Gasteiger partial charge in [0.25, 0.3) is 0 Å². The van der Waals surface area contributed by atoms with Crippen LogP contribution in [0.1, 0.15) is 0 Å². The number of nitrogens with zero attached hydrogens (tertiary/aromatic N) is 2. The minimum Gasteiger partial charge on any atom is -0.504 e. The van der Waals surface area contributed by atoms with Gasteiger partial charge in [0.05, 0.1) is 32.0 Å². The van der Waals surface area contributed by atoms with Crippen LogP contribution in [-0.4, -0.2) is 49.6 Å². The highest BCUT2D eigenvalue weighted by Gasteiger charge is 2.14. The number of benzene rings is 2. The molecule has 1 heterocycles. The Morgan fingerprint density at radius 3 is 2.54 bits per heavy atom. The second-order valence-electron chi connectivity index (χ2n) is 5.57. The lowest BCUT2D eigenvalue weighted by Gasteiger charge is -2.15. The lowest BCUT2D eigenvalue weighted by atomic mass is 10.2. The van der Waals surface area contributed by atoms with Crippen molar-refractivity contribution in [1.29, 1.82) is 0 Å². The van der Waals surface area contributed by atoms with E-state index in [4.69, 9.17) is 18.9 Å². The van der Waals surface area contributed by atoms with Crippen molar-refractivity contribution in [3.8, 4) is 23.0 Å². The molecule has 3 rings (SSSR count). The number of hydrogen-bond acceptors (Lipinski definition) is 8. The third-order valence-electron chi connectivity index (χ3n) is 3.92. The molecule has 2 aromatic carbocycles. The number of halogens is 1. The van der Waals surface area contributed by atoms with Gasteiger partial charge in [0.1, 0.15) is 18.8 Å². The van der Waals surface area contributed by atoms with Crippen molar-refractivity contribution < 1.29 is 24.1 Å². The van der Waals surface area contributed by atoms with Gasteiger partial charge in [-0.05, 0) is 18.2 Å². The van der Waals surface area contributed by atoms with Gasteiger partial charge in [-0.3, -0.25) is 0 Å². The molecule has 0 spiro atoms. The molecule has 0 aliphatic carbocycles. The molecule has 0 unspecified atom stereocenters. The molecule has 0 saturated heterocycles. The molecule has 1 aromatic heterocycles. The monoisotopic (exact) mass is 407 g/mol. The van der Waals surface area contributed by atoms with Crippen LogP contribution in [0, 0.1) is 0 Å². The zero-order valence-corrected chi connectivity index (χ0v) is 16.6. The summed E-state index contributed by atoms with van der Waals surface area (Å²) in [4.78, 5) is 8.62. The molecule has 0 fully saturated rings. The molecular formula is C19H22ClN3O5. The quantitative estimate of drug-likeness (QED) is 0.547. The number of phenols is 1. The fraction of sp³-hybridized carbons (Fsp3) is 0.263. The lowest BCUT2D eigenvalue weighted by molar-refractivity contribution is 0.144. The summed E-state index contributed by atoms with van der Waals surface area (Å²) in [5.74, 6) is 2.04. The molecule has 0 radical (unpaired) electrons. The molecule has 150 valence electrons. The van der Waals surface area contributed by atoms with Crippen LogP contribution in [0.25, 0.3) is 10.9 Å². The van der Waals surface area contributed by atoms with Gasteiger partial charge in [0.15, 0.2) is 23.0 Å². The van der Waals surface area contributed by atoms with Crippen molar-refractivity contribution in [2.24, 2.45) is 0 Å². The van der Waals surface area contributed by atoms with Crippen LogP contribution in [0.4, 0.5) is 11.5 Å². The van der Waals surface area contributed by atoms with Gasteiger partial charge in [0, 0.05) is 18.6 Å². The zero-order valence-electron chi connectivity index (χ0n) is 15.8. The van der Waals surface area contributed by atoms with E-state index >= 15 is 0 Å². The zero-order chi connectivity index (χ0) is 19.2. The van der Waals surface area contributed by atoms with Gasteiger partial charge in [-0.25, -0.2) is 9.97 Å². The Labute approximate surface area is 168 Å². The van der Waals surface area contributed by atoms with Crippen LogP contribution in [0.3, 0.4) is 0 Å². The summed E-state index contributed by atoms with van der Waals surface area (Å²) in [7, 11) is 4.67. The van der Waals surface area contributed by atoms with E-state index in [1.54, 1.807) is 44.6 Å². The van der Waals surface area contributed by atoms with Crippen LogP contribution in [-0.2, 0) is 4.74 Å². The third kappa shape index (κ3) is 4.47. The molecule has 0 aliphatic heterocycles. The predicted octanol–water partition coefficient (Wildman–Crippen LogP) is 3.54. The summed E-state index contributed by atoms with van der Waals surface area (Å²) in [5, 5.41) is 13.9. The average molecular weight is 408 g/mol. The maximum atomic E-state index is 9.96. The molecule has 0 saturated carbocycles. The largest absolute Gasteiger partial charge is 0.504 e. The Hall–Kier alpha value is -2.97. The van der Waals surface area contributed by atoms with Crippen molar-refractivity contribution >= 4 is 34.8 Å². The summed E-state index contributed by atoms with van der Waals surface area (Å²) >= 11 is 0. The van der Waals surface area contributed by atoms with E-state index in [1.807, 2.05) is 0 Å². The Morgan fingerprint density at radius 2 is 1.82 bits per heavy atom. The number of anilines is 2. The molecule has 0 aliphatic rings. The Balaban J connectivity index is 0.00000280. The molecule has 0 atom stereocenters. The maximum absolute atomic E-state index is 9.96. The van der Waals surface area contributed by atoms with Crippen LogP contribution in [0.15, 0.2) is 36.7 Å². The second kappa shape index (κ2) is 9.82. The SMILES string of the molecule is COCCOc1cc2ncnc(Nc3cccc(O)c3OC)c2cc1OC.Cl. The Morgan fingerprint density at radius 1 is 1.00 bits per heavy atom. The van der Waals surface area contributed by atoms with Crippen molar-refractivity contribution in [3.63, 3.8) is 0 Å². The molecule has 28 heavy (non-hydrogen) atoms. The molecule has 8 nitrogen and oxygen atoms in total. The summed E-state index contributed by atoms with van der Waals surface area (Å²) in [5.41, 5.74) is 1.26. The topological polar surface area (TPSA) is 95.0 Å². The number of methoxy groups -OCH3 is 3. The van der Waals surface area contributed by atoms with Crippen LogP contribution in [0.5, 0.6) is 23.0 Å². The van der Waals surface area contributed by atoms with E-state index in [0.717, 1.165) is 5.39 Å².